The largest absolute Gasteiger partial charge is 0.385 e. The molecule has 4 rings (SSSR count). The lowest BCUT2D eigenvalue weighted by Gasteiger charge is -2.19. The van der Waals surface area contributed by atoms with Crippen LogP contribution in [-0.2, 0) is 0 Å². The molecule has 2 aromatic carbocycles. The average molecular weight is 275 g/mol. The molecule has 1 N–H and O–H groups in total. The van der Waals surface area contributed by atoms with E-state index >= 15 is 0 Å². The lowest BCUT2D eigenvalue weighted by molar-refractivity contribution is 0.472. The summed E-state index contributed by atoms with van der Waals surface area (Å²) in [5.41, 5.74) is 3.80. The van der Waals surface area contributed by atoms with Crippen molar-refractivity contribution in [2.24, 2.45) is 17.8 Å². The number of rotatable bonds is 4. The molecule has 0 aromatic heterocycles. The summed E-state index contributed by atoms with van der Waals surface area (Å²) in [6.45, 7) is 1.11. The van der Waals surface area contributed by atoms with Gasteiger partial charge in [0.2, 0.25) is 0 Å². The van der Waals surface area contributed by atoms with Crippen LogP contribution in [0.1, 0.15) is 12.8 Å². The molecule has 106 valence electrons. The third-order valence-electron chi connectivity index (χ3n) is 4.98. The standard InChI is InChI=1S/C20H21N/c1-2-4-16(5-3-1)17-8-10-20(11-9-17)21-14-19-13-15-6-7-18(19)12-15/h1-11,15,18-19,21H,12-14H2. The predicted molar refractivity (Wildman–Crippen MR) is 89.2 cm³/mol. The number of hydrogen-bond donors (Lipinski definition) is 1. The first-order valence-electron chi connectivity index (χ1n) is 7.96. The van der Waals surface area contributed by atoms with Crippen LogP contribution in [-0.4, -0.2) is 6.54 Å². The van der Waals surface area contributed by atoms with Crippen LogP contribution >= 0.6 is 0 Å². The lowest BCUT2D eigenvalue weighted by Crippen LogP contribution is -2.18. The van der Waals surface area contributed by atoms with Crippen LogP contribution < -0.4 is 5.32 Å². The third-order valence-corrected chi connectivity index (χ3v) is 4.98. The van der Waals surface area contributed by atoms with Gasteiger partial charge in [-0.05, 0) is 53.9 Å². The first-order valence-corrected chi connectivity index (χ1v) is 7.96. The van der Waals surface area contributed by atoms with Gasteiger partial charge in [-0.2, -0.15) is 0 Å². The van der Waals surface area contributed by atoms with Crippen molar-refractivity contribution in [3.05, 3.63) is 66.7 Å². The van der Waals surface area contributed by atoms with Gasteiger partial charge in [0.05, 0.1) is 0 Å². The molecule has 1 heteroatoms. The molecule has 0 radical (unpaired) electrons. The summed E-state index contributed by atoms with van der Waals surface area (Å²) in [5, 5.41) is 3.62. The predicted octanol–water partition coefficient (Wildman–Crippen LogP) is 4.98. The number of allylic oxidation sites excluding steroid dienone is 2. The van der Waals surface area contributed by atoms with Gasteiger partial charge < -0.3 is 5.32 Å². The van der Waals surface area contributed by atoms with Gasteiger partial charge in [0, 0.05) is 12.2 Å². The quantitative estimate of drug-likeness (QED) is 0.776. The maximum atomic E-state index is 3.62. The van der Waals surface area contributed by atoms with Crippen molar-refractivity contribution >= 4 is 5.69 Å². The van der Waals surface area contributed by atoms with Gasteiger partial charge in [0.25, 0.3) is 0 Å². The Kier molecular flexibility index (Phi) is 3.27. The zero-order valence-electron chi connectivity index (χ0n) is 12.2. The van der Waals surface area contributed by atoms with E-state index in [0.29, 0.717) is 0 Å². The van der Waals surface area contributed by atoms with Gasteiger partial charge in [-0.15, -0.1) is 0 Å². The van der Waals surface area contributed by atoms with Gasteiger partial charge in [-0.3, -0.25) is 0 Å². The monoisotopic (exact) mass is 275 g/mol. The average Bonchev–Trinajstić information content (AvgIpc) is 3.17. The van der Waals surface area contributed by atoms with Crippen molar-refractivity contribution in [2.75, 3.05) is 11.9 Å². The molecular formula is C20H21N. The van der Waals surface area contributed by atoms with Gasteiger partial charge in [-0.25, -0.2) is 0 Å². The molecule has 2 bridgehead atoms. The Morgan fingerprint density at radius 1 is 0.810 bits per heavy atom. The highest BCUT2D eigenvalue weighted by Gasteiger charge is 2.35. The molecule has 1 fully saturated rings. The van der Waals surface area contributed by atoms with E-state index in [-0.39, 0.29) is 0 Å². The van der Waals surface area contributed by atoms with Crippen molar-refractivity contribution in [2.45, 2.75) is 12.8 Å². The summed E-state index contributed by atoms with van der Waals surface area (Å²) >= 11 is 0. The zero-order chi connectivity index (χ0) is 14.1. The second-order valence-electron chi connectivity index (χ2n) is 6.36. The van der Waals surface area contributed by atoms with Gasteiger partial charge >= 0.3 is 0 Å². The molecule has 21 heavy (non-hydrogen) atoms. The molecule has 3 unspecified atom stereocenters. The Morgan fingerprint density at radius 2 is 1.57 bits per heavy atom. The van der Waals surface area contributed by atoms with Crippen molar-refractivity contribution in [1.29, 1.82) is 0 Å². The van der Waals surface area contributed by atoms with Crippen molar-refractivity contribution in [3.63, 3.8) is 0 Å². The Morgan fingerprint density at radius 3 is 2.24 bits per heavy atom. The molecule has 2 aliphatic carbocycles. The molecule has 0 aliphatic heterocycles. The van der Waals surface area contributed by atoms with Crippen LogP contribution in [0.3, 0.4) is 0 Å². The third kappa shape index (κ3) is 2.61. The van der Waals surface area contributed by atoms with E-state index in [1.165, 1.54) is 29.7 Å². The second-order valence-corrected chi connectivity index (χ2v) is 6.36. The summed E-state index contributed by atoms with van der Waals surface area (Å²) in [4.78, 5) is 0. The minimum atomic E-state index is 0.825. The smallest absolute Gasteiger partial charge is 0.0340 e. The maximum absolute atomic E-state index is 3.62. The molecular weight excluding hydrogens is 254 g/mol. The molecule has 2 aliphatic rings. The molecule has 2 aromatic rings. The molecule has 1 nitrogen and oxygen atoms in total. The van der Waals surface area contributed by atoms with Crippen molar-refractivity contribution in [3.8, 4) is 11.1 Å². The fourth-order valence-electron chi connectivity index (χ4n) is 3.79. The molecule has 0 heterocycles. The van der Waals surface area contributed by atoms with Gasteiger partial charge in [-0.1, -0.05) is 54.6 Å². The van der Waals surface area contributed by atoms with Crippen LogP contribution in [0.15, 0.2) is 66.7 Å². The Labute approximate surface area is 126 Å². The lowest BCUT2D eigenvalue weighted by atomic mass is 9.93. The summed E-state index contributed by atoms with van der Waals surface area (Å²) in [7, 11) is 0. The van der Waals surface area contributed by atoms with Gasteiger partial charge in [0.15, 0.2) is 0 Å². The van der Waals surface area contributed by atoms with E-state index in [1.54, 1.807) is 0 Å². The molecule has 1 saturated carbocycles. The van der Waals surface area contributed by atoms with E-state index < -0.39 is 0 Å². The van der Waals surface area contributed by atoms with E-state index in [4.69, 9.17) is 0 Å². The zero-order valence-corrected chi connectivity index (χ0v) is 12.2. The van der Waals surface area contributed by atoms with Crippen molar-refractivity contribution in [1.82, 2.24) is 0 Å². The molecule has 0 amide bonds. The van der Waals surface area contributed by atoms with Crippen LogP contribution in [0.25, 0.3) is 11.1 Å². The van der Waals surface area contributed by atoms with Crippen LogP contribution in [0.5, 0.6) is 0 Å². The Balaban J connectivity index is 1.39. The number of hydrogen-bond acceptors (Lipinski definition) is 1. The number of anilines is 1. The van der Waals surface area contributed by atoms with Crippen LogP contribution in [0, 0.1) is 17.8 Å². The summed E-state index contributed by atoms with van der Waals surface area (Å²) in [6.07, 6.45) is 7.60. The minimum absolute atomic E-state index is 0.825. The topological polar surface area (TPSA) is 12.0 Å². The first-order chi connectivity index (χ1) is 10.4. The highest BCUT2D eigenvalue weighted by atomic mass is 14.9. The molecule has 0 saturated heterocycles. The Bertz CT molecular complexity index is 627. The summed E-state index contributed by atoms with van der Waals surface area (Å²) < 4.78 is 0. The maximum Gasteiger partial charge on any atom is 0.0340 e. The normalized spacial score (nSPS) is 26.2. The molecule has 3 atom stereocenters. The number of nitrogens with one attached hydrogen (secondary N) is 1. The van der Waals surface area contributed by atoms with Crippen LogP contribution in [0.2, 0.25) is 0 Å². The minimum Gasteiger partial charge on any atom is -0.385 e. The molecule has 0 spiro atoms. The van der Waals surface area contributed by atoms with Gasteiger partial charge in [0.1, 0.15) is 0 Å². The van der Waals surface area contributed by atoms with E-state index in [9.17, 15) is 0 Å². The summed E-state index contributed by atoms with van der Waals surface area (Å²) in [5.74, 6) is 2.52. The highest BCUT2D eigenvalue weighted by Crippen LogP contribution is 2.43. The van der Waals surface area contributed by atoms with E-state index in [0.717, 1.165) is 24.3 Å². The second kappa shape index (κ2) is 5.40. The number of benzene rings is 2. The Hall–Kier alpha value is -2.02. The fraction of sp³-hybridized carbons (Fsp3) is 0.300. The SMILES string of the molecule is C1=CC2CC1CC2CNc1ccc(-c2ccccc2)cc1. The van der Waals surface area contributed by atoms with Crippen molar-refractivity contribution < 1.29 is 0 Å². The fourth-order valence-corrected chi connectivity index (χ4v) is 3.79. The van der Waals surface area contributed by atoms with E-state index in [1.807, 2.05) is 0 Å². The first kappa shape index (κ1) is 12.7. The van der Waals surface area contributed by atoms with E-state index in [2.05, 4.69) is 72.1 Å². The number of fused-ring (bicyclic) bond motifs is 2. The van der Waals surface area contributed by atoms with Crippen LogP contribution in [0.4, 0.5) is 5.69 Å². The summed E-state index contributed by atoms with van der Waals surface area (Å²) in [6, 6.07) is 19.4. The highest BCUT2D eigenvalue weighted by molar-refractivity contribution is 5.65.